The van der Waals surface area contributed by atoms with Gasteiger partial charge in [0.05, 0.1) is 37.9 Å². The highest BCUT2D eigenvalue weighted by Crippen LogP contribution is 2.15. The van der Waals surface area contributed by atoms with Crippen LogP contribution < -0.4 is 14.9 Å². The van der Waals surface area contributed by atoms with Crippen LogP contribution in [0.2, 0.25) is 0 Å². The lowest BCUT2D eigenvalue weighted by Crippen LogP contribution is -2.29. The minimum absolute atomic E-state index is 0.0964. The molecule has 0 aliphatic heterocycles. The molecule has 2 rings (SSSR count). The van der Waals surface area contributed by atoms with E-state index in [9.17, 15) is 9.59 Å². The van der Waals surface area contributed by atoms with Crippen LogP contribution in [0.1, 0.15) is 30.6 Å². The Balaban J connectivity index is 1.56. The zero-order valence-corrected chi connectivity index (χ0v) is 19.5. The molecule has 2 aromatic carbocycles. The molecular weight excluding hydrogens is 443 g/mol. The van der Waals surface area contributed by atoms with Crippen LogP contribution >= 0.6 is 0 Å². The van der Waals surface area contributed by atoms with E-state index in [4.69, 9.17) is 33.7 Å². The summed E-state index contributed by atoms with van der Waals surface area (Å²) >= 11 is 0. The normalized spacial score (nSPS) is 11.5. The highest BCUT2D eigenvalue weighted by Gasteiger charge is 2.13. The number of hydrogen-bond donors (Lipinski definition) is 2. The number of hydrogen-bond acceptors (Lipinski definition) is 9. The molecule has 0 aromatic heterocycles. The first-order valence-electron chi connectivity index (χ1n) is 11.1. The number of rotatable bonds is 15. The number of carbonyl (C=O) groups is 2. The molecule has 1 atom stereocenters. The third-order valence-electron chi connectivity index (χ3n) is 4.83. The Morgan fingerprint density at radius 2 is 1.38 bits per heavy atom. The fraction of sp³-hybridized carbons (Fsp3) is 0.417. The molecule has 184 valence electrons. The third-order valence-corrected chi connectivity index (χ3v) is 4.83. The SMILES string of the molecule is CCC(C)C(=O)OCCOCCOCCOc1ccc(C(=O)Oc2ccc(B(O)O)cc2)cc1. The van der Waals surface area contributed by atoms with Gasteiger partial charge in [-0.3, -0.25) is 4.79 Å². The van der Waals surface area contributed by atoms with E-state index in [-0.39, 0.29) is 18.5 Å². The third kappa shape index (κ3) is 9.92. The molecule has 1 unspecified atom stereocenters. The predicted molar refractivity (Wildman–Crippen MR) is 125 cm³/mol. The minimum Gasteiger partial charge on any atom is -0.491 e. The summed E-state index contributed by atoms with van der Waals surface area (Å²) in [6, 6.07) is 12.4. The lowest BCUT2D eigenvalue weighted by molar-refractivity contribution is -0.149. The van der Waals surface area contributed by atoms with Crippen LogP contribution in [-0.4, -0.2) is 68.7 Å². The average Bonchev–Trinajstić information content (AvgIpc) is 2.85. The zero-order valence-electron chi connectivity index (χ0n) is 19.5. The van der Waals surface area contributed by atoms with Gasteiger partial charge in [0, 0.05) is 0 Å². The summed E-state index contributed by atoms with van der Waals surface area (Å²) < 4.78 is 26.7. The van der Waals surface area contributed by atoms with E-state index in [2.05, 4.69) is 0 Å². The van der Waals surface area contributed by atoms with Gasteiger partial charge in [-0.05, 0) is 48.3 Å². The molecule has 34 heavy (non-hydrogen) atoms. The fourth-order valence-electron chi connectivity index (χ4n) is 2.61. The van der Waals surface area contributed by atoms with Gasteiger partial charge in [0.1, 0.15) is 24.7 Å². The summed E-state index contributed by atoms with van der Waals surface area (Å²) in [7, 11) is -1.58. The molecule has 0 aliphatic carbocycles. The molecule has 0 saturated carbocycles. The highest BCUT2D eigenvalue weighted by atomic mass is 16.6. The van der Waals surface area contributed by atoms with Crippen LogP contribution in [0.15, 0.2) is 48.5 Å². The molecule has 0 saturated heterocycles. The van der Waals surface area contributed by atoms with Crippen molar-refractivity contribution in [2.75, 3.05) is 39.6 Å². The van der Waals surface area contributed by atoms with Crippen LogP contribution in [0.4, 0.5) is 0 Å². The maximum atomic E-state index is 12.2. The van der Waals surface area contributed by atoms with Gasteiger partial charge >= 0.3 is 19.1 Å². The number of ether oxygens (including phenoxy) is 5. The van der Waals surface area contributed by atoms with Crippen molar-refractivity contribution in [3.05, 3.63) is 54.1 Å². The minimum atomic E-state index is -1.58. The van der Waals surface area contributed by atoms with Crippen molar-refractivity contribution < 1.29 is 43.3 Å². The Morgan fingerprint density at radius 1 is 0.824 bits per heavy atom. The standard InChI is InChI=1S/C24H31BO9/c1-3-18(2)23(26)33-17-15-31-13-12-30-14-16-32-21-8-4-19(5-9-21)24(27)34-22-10-6-20(7-11-22)25(28)29/h4-11,18,28-29H,3,12-17H2,1-2H3. The van der Waals surface area contributed by atoms with E-state index in [1.807, 2.05) is 13.8 Å². The Kier molecular flexibility index (Phi) is 12.1. The van der Waals surface area contributed by atoms with Crippen molar-refractivity contribution in [2.24, 2.45) is 5.92 Å². The molecule has 9 nitrogen and oxygen atoms in total. The highest BCUT2D eigenvalue weighted by molar-refractivity contribution is 6.58. The number of carbonyl (C=O) groups excluding carboxylic acids is 2. The quantitative estimate of drug-likeness (QED) is 0.172. The summed E-state index contributed by atoms with van der Waals surface area (Å²) in [5, 5.41) is 18.2. The van der Waals surface area contributed by atoms with Gasteiger partial charge in [0.15, 0.2) is 0 Å². The fourth-order valence-corrected chi connectivity index (χ4v) is 2.61. The summed E-state index contributed by atoms with van der Waals surface area (Å²) in [6.45, 7) is 5.81. The summed E-state index contributed by atoms with van der Waals surface area (Å²) in [5.74, 6) is 0.0333. The van der Waals surface area contributed by atoms with Crippen molar-refractivity contribution in [3.8, 4) is 11.5 Å². The van der Waals surface area contributed by atoms with E-state index in [0.29, 0.717) is 55.6 Å². The Bertz CT molecular complexity index is 869. The van der Waals surface area contributed by atoms with E-state index >= 15 is 0 Å². The van der Waals surface area contributed by atoms with E-state index in [1.54, 1.807) is 24.3 Å². The Morgan fingerprint density at radius 3 is 1.97 bits per heavy atom. The molecule has 0 fully saturated rings. The van der Waals surface area contributed by atoms with Gasteiger partial charge in [-0.15, -0.1) is 0 Å². The largest absolute Gasteiger partial charge is 0.491 e. The van der Waals surface area contributed by atoms with Gasteiger partial charge in [0.25, 0.3) is 0 Å². The lowest BCUT2D eigenvalue weighted by Gasteiger charge is -2.10. The van der Waals surface area contributed by atoms with Gasteiger partial charge in [-0.1, -0.05) is 26.0 Å². The lowest BCUT2D eigenvalue weighted by atomic mass is 9.80. The first kappa shape index (κ1) is 27.3. The van der Waals surface area contributed by atoms with Crippen LogP contribution in [0.25, 0.3) is 0 Å². The molecule has 2 aromatic rings. The van der Waals surface area contributed by atoms with Crippen molar-refractivity contribution >= 4 is 24.5 Å². The van der Waals surface area contributed by atoms with Crippen LogP contribution in [0.3, 0.4) is 0 Å². The van der Waals surface area contributed by atoms with Gasteiger partial charge < -0.3 is 33.7 Å². The molecule has 2 N–H and O–H groups in total. The molecule has 0 radical (unpaired) electrons. The maximum absolute atomic E-state index is 12.2. The summed E-state index contributed by atoms with van der Waals surface area (Å²) in [5.41, 5.74) is 0.652. The molecule has 0 aliphatic rings. The van der Waals surface area contributed by atoms with E-state index in [0.717, 1.165) is 6.42 Å². The van der Waals surface area contributed by atoms with E-state index in [1.165, 1.54) is 24.3 Å². The second-order valence-electron chi connectivity index (χ2n) is 7.41. The van der Waals surface area contributed by atoms with Crippen molar-refractivity contribution in [1.29, 1.82) is 0 Å². The molecule has 10 heteroatoms. The van der Waals surface area contributed by atoms with Crippen molar-refractivity contribution in [1.82, 2.24) is 0 Å². The smallest absolute Gasteiger partial charge is 0.488 e. The zero-order chi connectivity index (χ0) is 24.8. The molecule has 0 spiro atoms. The molecular formula is C24H31BO9. The molecule has 0 bridgehead atoms. The summed E-state index contributed by atoms with van der Waals surface area (Å²) in [4.78, 5) is 23.7. The predicted octanol–water partition coefficient (Wildman–Crippen LogP) is 1.59. The average molecular weight is 474 g/mol. The molecule has 0 amide bonds. The molecule has 0 heterocycles. The first-order valence-corrected chi connectivity index (χ1v) is 11.1. The number of benzene rings is 2. The van der Waals surface area contributed by atoms with Crippen molar-refractivity contribution in [3.63, 3.8) is 0 Å². The van der Waals surface area contributed by atoms with E-state index < -0.39 is 13.1 Å². The maximum Gasteiger partial charge on any atom is 0.488 e. The second-order valence-corrected chi connectivity index (χ2v) is 7.41. The van der Waals surface area contributed by atoms with Gasteiger partial charge in [-0.25, -0.2) is 4.79 Å². The van der Waals surface area contributed by atoms with Crippen LogP contribution in [-0.2, 0) is 19.0 Å². The van der Waals surface area contributed by atoms with Gasteiger partial charge in [-0.2, -0.15) is 0 Å². The Hall–Kier alpha value is -2.92. The van der Waals surface area contributed by atoms with Crippen LogP contribution in [0, 0.1) is 5.92 Å². The van der Waals surface area contributed by atoms with Crippen LogP contribution in [0.5, 0.6) is 11.5 Å². The van der Waals surface area contributed by atoms with Crippen molar-refractivity contribution in [2.45, 2.75) is 20.3 Å². The van der Waals surface area contributed by atoms with Gasteiger partial charge in [0.2, 0.25) is 0 Å². The topological polar surface area (TPSA) is 121 Å². The number of esters is 2. The monoisotopic (exact) mass is 474 g/mol. The Labute approximate surface area is 199 Å². The first-order chi connectivity index (χ1) is 16.4. The second kappa shape index (κ2) is 15.1. The summed E-state index contributed by atoms with van der Waals surface area (Å²) in [6.07, 6.45) is 0.751.